The van der Waals surface area contributed by atoms with Crippen LogP contribution in [0.5, 0.6) is 11.5 Å². The molecule has 0 radical (unpaired) electrons. The molecule has 2 aliphatic rings. The molecule has 5 nitrogen and oxygen atoms in total. The molecule has 26 heavy (non-hydrogen) atoms. The van der Waals surface area contributed by atoms with Gasteiger partial charge in [0.2, 0.25) is 5.91 Å². The Morgan fingerprint density at radius 3 is 2.58 bits per heavy atom. The lowest BCUT2D eigenvalue weighted by atomic mass is 9.96. The molecule has 1 saturated heterocycles. The lowest BCUT2D eigenvalue weighted by Crippen LogP contribution is -2.41. The van der Waals surface area contributed by atoms with Crippen molar-refractivity contribution in [1.29, 1.82) is 0 Å². The molecule has 3 rings (SSSR count). The second kappa shape index (κ2) is 8.96. The van der Waals surface area contributed by atoms with Crippen LogP contribution < -0.4 is 14.8 Å². The molecule has 1 aromatic rings. The van der Waals surface area contributed by atoms with Crippen molar-refractivity contribution < 1.29 is 14.3 Å². The number of carbonyl (C=O) groups is 1. The molecule has 144 valence electrons. The summed E-state index contributed by atoms with van der Waals surface area (Å²) in [6.45, 7) is 5.98. The summed E-state index contributed by atoms with van der Waals surface area (Å²) in [5, 5.41) is 4.20. The summed E-state index contributed by atoms with van der Waals surface area (Å²) in [6.07, 6.45) is 4.33. The molecule has 6 heteroatoms. The van der Waals surface area contributed by atoms with E-state index in [1.165, 1.54) is 0 Å². The fourth-order valence-electron chi connectivity index (χ4n) is 3.50. The molecular weight excluding hydrogens is 352 g/mol. The monoisotopic (exact) mass is 380 g/mol. The van der Waals surface area contributed by atoms with Gasteiger partial charge in [-0.1, -0.05) is 11.6 Å². The van der Waals surface area contributed by atoms with Gasteiger partial charge in [-0.2, -0.15) is 0 Å². The normalized spacial score (nSPS) is 18.0. The summed E-state index contributed by atoms with van der Waals surface area (Å²) in [4.78, 5) is 14.2. The van der Waals surface area contributed by atoms with E-state index < -0.39 is 0 Å². The Morgan fingerprint density at radius 2 is 1.96 bits per heavy atom. The maximum atomic E-state index is 12.1. The van der Waals surface area contributed by atoms with Crippen LogP contribution in [0.25, 0.3) is 0 Å². The van der Waals surface area contributed by atoms with Crippen molar-refractivity contribution in [3.8, 4) is 11.5 Å². The standard InChI is InChI=1S/C20H29ClN2O3/c1-3-26-19-10-16(17(21)11-18(19)25-2)13-22-12-14-6-8-23(9-7-14)20(24)15-4-5-15/h10-11,14-15,22H,3-9,12-13H2,1-2H3. The summed E-state index contributed by atoms with van der Waals surface area (Å²) in [5.74, 6) is 2.71. The highest BCUT2D eigenvalue weighted by molar-refractivity contribution is 6.31. The van der Waals surface area contributed by atoms with Gasteiger partial charge in [-0.25, -0.2) is 0 Å². The molecule has 2 fully saturated rings. The van der Waals surface area contributed by atoms with Crippen molar-refractivity contribution in [2.24, 2.45) is 11.8 Å². The number of carbonyl (C=O) groups excluding carboxylic acids is 1. The third-order valence-electron chi connectivity index (χ3n) is 5.23. The molecule has 1 aliphatic heterocycles. The Bertz CT molecular complexity index is 626. The number of likely N-dealkylation sites (tertiary alicyclic amines) is 1. The first-order chi connectivity index (χ1) is 12.6. The summed E-state index contributed by atoms with van der Waals surface area (Å²) in [7, 11) is 1.62. The summed E-state index contributed by atoms with van der Waals surface area (Å²) in [5.41, 5.74) is 1.01. The summed E-state index contributed by atoms with van der Waals surface area (Å²) >= 11 is 6.37. The molecular formula is C20H29ClN2O3. The highest BCUT2D eigenvalue weighted by atomic mass is 35.5. The molecule has 1 saturated carbocycles. The number of amides is 1. The molecule has 1 aliphatic carbocycles. The van der Waals surface area contributed by atoms with Gasteiger partial charge in [-0.3, -0.25) is 4.79 Å². The van der Waals surface area contributed by atoms with Crippen molar-refractivity contribution in [3.05, 3.63) is 22.7 Å². The van der Waals surface area contributed by atoms with Crippen LogP contribution in [0.4, 0.5) is 0 Å². The molecule has 1 aromatic carbocycles. The van der Waals surface area contributed by atoms with Crippen LogP contribution in [0.2, 0.25) is 5.02 Å². The number of ether oxygens (including phenoxy) is 2. The molecule has 1 amide bonds. The number of piperidine rings is 1. The first-order valence-electron chi connectivity index (χ1n) is 9.61. The van der Waals surface area contributed by atoms with E-state index in [9.17, 15) is 4.79 Å². The van der Waals surface area contributed by atoms with E-state index >= 15 is 0 Å². The molecule has 0 unspecified atom stereocenters. The summed E-state index contributed by atoms with van der Waals surface area (Å²) < 4.78 is 11.0. The van der Waals surface area contributed by atoms with Crippen molar-refractivity contribution in [1.82, 2.24) is 10.2 Å². The topological polar surface area (TPSA) is 50.8 Å². The average molecular weight is 381 g/mol. The number of halogens is 1. The average Bonchev–Trinajstić information content (AvgIpc) is 3.49. The Labute approximate surface area is 161 Å². The number of benzene rings is 1. The van der Waals surface area contributed by atoms with Gasteiger partial charge in [0, 0.05) is 36.6 Å². The van der Waals surface area contributed by atoms with Crippen LogP contribution in [-0.4, -0.2) is 44.2 Å². The minimum atomic E-state index is 0.335. The second-order valence-corrected chi connectivity index (χ2v) is 7.61. The van der Waals surface area contributed by atoms with E-state index in [2.05, 4.69) is 10.2 Å². The SMILES string of the molecule is CCOc1cc(CNCC2CCN(C(=O)C3CC3)CC2)c(Cl)cc1OC. The third-order valence-corrected chi connectivity index (χ3v) is 5.59. The maximum Gasteiger partial charge on any atom is 0.225 e. The van der Waals surface area contributed by atoms with Crippen LogP contribution in [0.15, 0.2) is 12.1 Å². The van der Waals surface area contributed by atoms with E-state index in [4.69, 9.17) is 21.1 Å². The number of rotatable bonds is 8. The molecule has 0 aromatic heterocycles. The van der Waals surface area contributed by atoms with Crippen molar-refractivity contribution >= 4 is 17.5 Å². The fraction of sp³-hybridized carbons (Fsp3) is 0.650. The smallest absolute Gasteiger partial charge is 0.225 e. The first kappa shape index (κ1) is 19.3. The van der Waals surface area contributed by atoms with Crippen molar-refractivity contribution in [2.45, 2.75) is 39.2 Å². The van der Waals surface area contributed by atoms with Crippen LogP contribution in [0, 0.1) is 11.8 Å². The van der Waals surface area contributed by atoms with E-state index in [0.717, 1.165) is 56.6 Å². The van der Waals surface area contributed by atoms with Gasteiger partial charge in [0.1, 0.15) is 0 Å². The molecule has 0 spiro atoms. The molecule has 1 heterocycles. The van der Waals surface area contributed by atoms with Gasteiger partial charge in [0.25, 0.3) is 0 Å². The van der Waals surface area contributed by atoms with Crippen molar-refractivity contribution in [3.63, 3.8) is 0 Å². The van der Waals surface area contributed by atoms with Crippen LogP contribution >= 0.6 is 11.6 Å². The van der Waals surface area contributed by atoms with Gasteiger partial charge in [0.15, 0.2) is 11.5 Å². The minimum absolute atomic E-state index is 0.335. The quantitative estimate of drug-likeness (QED) is 0.750. The predicted octanol–water partition coefficient (Wildman–Crippen LogP) is 3.49. The van der Waals surface area contributed by atoms with E-state index in [-0.39, 0.29) is 0 Å². The lowest BCUT2D eigenvalue weighted by molar-refractivity contribution is -0.133. The fourth-order valence-corrected chi connectivity index (χ4v) is 3.72. The van der Waals surface area contributed by atoms with Crippen LogP contribution in [0.1, 0.15) is 38.2 Å². The van der Waals surface area contributed by atoms with Gasteiger partial charge < -0.3 is 19.7 Å². The zero-order valence-electron chi connectivity index (χ0n) is 15.7. The van der Waals surface area contributed by atoms with E-state index in [0.29, 0.717) is 41.7 Å². The zero-order valence-corrected chi connectivity index (χ0v) is 16.5. The van der Waals surface area contributed by atoms with Gasteiger partial charge >= 0.3 is 0 Å². The molecule has 0 bridgehead atoms. The Kier molecular flexibility index (Phi) is 6.65. The van der Waals surface area contributed by atoms with Crippen LogP contribution in [0.3, 0.4) is 0 Å². The number of nitrogens with one attached hydrogen (secondary N) is 1. The number of nitrogens with zero attached hydrogens (tertiary/aromatic N) is 1. The number of methoxy groups -OCH3 is 1. The van der Waals surface area contributed by atoms with Crippen molar-refractivity contribution in [2.75, 3.05) is 33.4 Å². The van der Waals surface area contributed by atoms with Crippen LogP contribution in [-0.2, 0) is 11.3 Å². The maximum absolute atomic E-state index is 12.1. The molecule has 0 atom stereocenters. The van der Waals surface area contributed by atoms with Gasteiger partial charge in [-0.05, 0) is 56.7 Å². The highest BCUT2D eigenvalue weighted by Gasteiger charge is 2.34. The summed E-state index contributed by atoms with van der Waals surface area (Å²) in [6, 6.07) is 3.76. The Balaban J connectivity index is 1.46. The van der Waals surface area contributed by atoms with E-state index in [1.807, 2.05) is 19.1 Å². The molecule has 1 N–H and O–H groups in total. The predicted molar refractivity (Wildman–Crippen MR) is 103 cm³/mol. The third kappa shape index (κ3) is 4.83. The second-order valence-electron chi connectivity index (χ2n) is 7.20. The Morgan fingerprint density at radius 1 is 1.23 bits per heavy atom. The number of hydrogen-bond donors (Lipinski definition) is 1. The minimum Gasteiger partial charge on any atom is -0.493 e. The first-order valence-corrected chi connectivity index (χ1v) is 9.98. The lowest BCUT2D eigenvalue weighted by Gasteiger charge is -2.32. The van der Waals surface area contributed by atoms with Gasteiger partial charge in [-0.15, -0.1) is 0 Å². The largest absolute Gasteiger partial charge is 0.493 e. The van der Waals surface area contributed by atoms with E-state index in [1.54, 1.807) is 7.11 Å². The highest BCUT2D eigenvalue weighted by Crippen LogP contribution is 2.34. The zero-order chi connectivity index (χ0) is 18.5. The number of hydrogen-bond acceptors (Lipinski definition) is 4. The Hall–Kier alpha value is -1.46. The van der Waals surface area contributed by atoms with Gasteiger partial charge in [0.05, 0.1) is 13.7 Å².